The Morgan fingerprint density at radius 2 is 1.87 bits per heavy atom. The van der Waals surface area contributed by atoms with Crippen LogP contribution in [0.2, 0.25) is 0 Å². The lowest BCUT2D eigenvalue weighted by Gasteiger charge is -2.17. The van der Waals surface area contributed by atoms with Crippen LogP contribution in [0.5, 0.6) is 0 Å². The lowest BCUT2D eigenvalue weighted by Crippen LogP contribution is -2.16. The third-order valence-corrected chi connectivity index (χ3v) is 5.18. The highest BCUT2D eigenvalue weighted by Gasteiger charge is 2.22. The van der Waals surface area contributed by atoms with Gasteiger partial charge in [0.2, 0.25) is 0 Å². The standard InChI is InChI=1S/C24H22FN3O2/c1-13(2)16-10-7-8-14(3)22(16)27-23(29)18-12-20(17-9-5-6-11-19(17)25)26-24-21(18)15(4)28-30-24/h5-13H,1-4H3,(H,27,29). The van der Waals surface area contributed by atoms with E-state index < -0.39 is 5.82 Å². The molecule has 2 aromatic carbocycles. The number of benzene rings is 2. The van der Waals surface area contributed by atoms with Gasteiger partial charge in [-0.1, -0.05) is 49.3 Å². The van der Waals surface area contributed by atoms with E-state index in [4.69, 9.17) is 4.52 Å². The Labute approximate surface area is 173 Å². The predicted octanol–water partition coefficient (Wildman–Crippen LogP) is 6.02. The molecule has 1 N–H and O–H groups in total. The second kappa shape index (κ2) is 7.71. The average molecular weight is 403 g/mol. The number of aromatic nitrogens is 2. The molecule has 2 heterocycles. The number of aryl methyl sites for hydroxylation is 2. The first-order valence-electron chi connectivity index (χ1n) is 9.79. The molecule has 0 spiro atoms. The Hall–Kier alpha value is -3.54. The zero-order valence-electron chi connectivity index (χ0n) is 17.3. The number of nitrogens with zero attached hydrogens (tertiary/aromatic N) is 2. The molecule has 0 saturated carbocycles. The number of anilines is 1. The van der Waals surface area contributed by atoms with E-state index in [-0.39, 0.29) is 17.5 Å². The highest BCUT2D eigenvalue weighted by molar-refractivity contribution is 6.13. The van der Waals surface area contributed by atoms with Crippen molar-refractivity contribution in [2.75, 3.05) is 5.32 Å². The molecule has 0 aliphatic rings. The van der Waals surface area contributed by atoms with Crippen LogP contribution < -0.4 is 5.32 Å². The number of para-hydroxylation sites is 1. The van der Waals surface area contributed by atoms with E-state index in [0.717, 1.165) is 16.8 Å². The number of pyridine rings is 1. The van der Waals surface area contributed by atoms with Crippen LogP contribution >= 0.6 is 0 Å². The van der Waals surface area contributed by atoms with Gasteiger partial charge in [0.25, 0.3) is 11.6 Å². The third-order valence-electron chi connectivity index (χ3n) is 5.18. The number of carbonyl (C=O) groups excluding carboxylic acids is 1. The van der Waals surface area contributed by atoms with Crippen LogP contribution in [-0.2, 0) is 0 Å². The molecule has 0 aliphatic heterocycles. The SMILES string of the molecule is Cc1cccc(C(C)C)c1NC(=O)c1cc(-c2ccccc2F)nc2onc(C)c12. The molecule has 0 atom stereocenters. The number of rotatable bonds is 4. The summed E-state index contributed by atoms with van der Waals surface area (Å²) in [6.07, 6.45) is 0. The maximum atomic E-state index is 14.4. The number of carbonyl (C=O) groups is 1. The molecule has 0 fully saturated rings. The van der Waals surface area contributed by atoms with Crippen LogP contribution in [0, 0.1) is 19.7 Å². The van der Waals surface area contributed by atoms with Gasteiger partial charge in [0, 0.05) is 11.3 Å². The van der Waals surface area contributed by atoms with E-state index in [1.54, 1.807) is 31.2 Å². The van der Waals surface area contributed by atoms with Gasteiger partial charge in [-0.05, 0) is 49.1 Å². The number of fused-ring (bicyclic) bond motifs is 1. The number of hydrogen-bond acceptors (Lipinski definition) is 4. The molecule has 1 amide bonds. The molecule has 0 unspecified atom stereocenters. The summed E-state index contributed by atoms with van der Waals surface area (Å²) in [5, 5.41) is 7.52. The molecule has 0 saturated heterocycles. The molecule has 4 rings (SSSR count). The summed E-state index contributed by atoms with van der Waals surface area (Å²) in [6.45, 7) is 7.87. The minimum absolute atomic E-state index is 0.201. The molecular formula is C24H22FN3O2. The Morgan fingerprint density at radius 3 is 2.60 bits per heavy atom. The average Bonchev–Trinajstić information content (AvgIpc) is 3.09. The van der Waals surface area contributed by atoms with E-state index in [9.17, 15) is 9.18 Å². The van der Waals surface area contributed by atoms with Crippen molar-refractivity contribution in [3.63, 3.8) is 0 Å². The number of halogens is 1. The number of amides is 1. The highest BCUT2D eigenvalue weighted by atomic mass is 19.1. The van der Waals surface area contributed by atoms with Crippen molar-refractivity contribution in [3.05, 3.63) is 76.7 Å². The number of nitrogens with one attached hydrogen (secondary N) is 1. The van der Waals surface area contributed by atoms with Crippen molar-refractivity contribution in [1.29, 1.82) is 0 Å². The van der Waals surface area contributed by atoms with E-state index in [0.29, 0.717) is 27.9 Å². The molecule has 30 heavy (non-hydrogen) atoms. The smallest absolute Gasteiger partial charge is 0.259 e. The van der Waals surface area contributed by atoms with Crippen molar-refractivity contribution >= 4 is 22.7 Å². The van der Waals surface area contributed by atoms with Crippen LogP contribution in [0.4, 0.5) is 10.1 Å². The zero-order chi connectivity index (χ0) is 21.4. The van der Waals surface area contributed by atoms with E-state index >= 15 is 0 Å². The summed E-state index contributed by atoms with van der Waals surface area (Å²) >= 11 is 0. The maximum Gasteiger partial charge on any atom is 0.259 e. The van der Waals surface area contributed by atoms with Gasteiger partial charge in [0.05, 0.1) is 22.3 Å². The summed E-state index contributed by atoms with van der Waals surface area (Å²) in [4.78, 5) is 17.8. The summed E-state index contributed by atoms with van der Waals surface area (Å²) in [5.41, 5.74) is 4.50. The Bertz CT molecular complexity index is 1260. The fourth-order valence-corrected chi connectivity index (χ4v) is 3.60. The van der Waals surface area contributed by atoms with Crippen LogP contribution in [-0.4, -0.2) is 16.0 Å². The van der Waals surface area contributed by atoms with Gasteiger partial charge in [-0.2, -0.15) is 0 Å². The molecular weight excluding hydrogens is 381 g/mol. The van der Waals surface area contributed by atoms with Crippen molar-refractivity contribution in [3.8, 4) is 11.3 Å². The summed E-state index contributed by atoms with van der Waals surface area (Å²) in [6, 6.07) is 13.8. The third kappa shape index (κ3) is 3.45. The Kier molecular flexibility index (Phi) is 5.08. The Morgan fingerprint density at radius 1 is 1.10 bits per heavy atom. The van der Waals surface area contributed by atoms with Crippen molar-refractivity contribution < 1.29 is 13.7 Å². The van der Waals surface area contributed by atoms with E-state index in [1.165, 1.54) is 6.07 Å². The monoisotopic (exact) mass is 403 g/mol. The fourth-order valence-electron chi connectivity index (χ4n) is 3.60. The quantitative estimate of drug-likeness (QED) is 0.452. The maximum absolute atomic E-state index is 14.4. The van der Waals surface area contributed by atoms with Gasteiger partial charge in [0.1, 0.15) is 5.82 Å². The van der Waals surface area contributed by atoms with Gasteiger partial charge in [-0.15, -0.1) is 0 Å². The first-order valence-corrected chi connectivity index (χ1v) is 9.79. The first kappa shape index (κ1) is 19.8. The zero-order valence-corrected chi connectivity index (χ0v) is 17.3. The first-order chi connectivity index (χ1) is 14.4. The molecule has 152 valence electrons. The summed E-state index contributed by atoms with van der Waals surface area (Å²) in [5.74, 6) is -0.501. The molecule has 0 aliphatic carbocycles. The minimum atomic E-state index is -0.423. The lowest BCUT2D eigenvalue weighted by molar-refractivity contribution is 0.102. The molecule has 2 aromatic heterocycles. The fraction of sp³-hybridized carbons (Fsp3) is 0.208. The van der Waals surface area contributed by atoms with Crippen LogP contribution in [0.1, 0.15) is 46.9 Å². The van der Waals surface area contributed by atoms with Crippen molar-refractivity contribution in [2.45, 2.75) is 33.6 Å². The van der Waals surface area contributed by atoms with E-state index in [1.807, 2.05) is 25.1 Å². The topological polar surface area (TPSA) is 68.0 Å². The second-order valence-corrected chi connectivity index (χ2v) is 7.63. The summed E-state index contributed by atoms with van der Waals surface area (Å²) in [7, 11) is 0. The molecule has 5 nitrogen and oxygen atoms in total. The van der Waals surface area contributed by atoms with Crippen molar-refractivity contribution in [2.24, 2.45) is 0 Å². The minimum Gasteiger partial charge on any atom is -0.335 e. The number of hydrogen-bond donors (Lipinski definition) is 1. The van der Waals surface area contributed by atoms with Crippen molar-refractivity contribution in [1.82, 2.24) is 10.1 Å². The molecule has 4 aromatic rings. The van der Waals surface area contributed by atoms with Gasteiger partial charge in [0.15, 0.2) is 0 Å². The van der Waals surface area contributed by atoms with Crippen LogP contribution in [0.25, 0.3) is 22.4 Å². The van der Waals surface area contributed by atoms with Gasteiger partial charge < -0.3 is 9.84 Å². The predicted molar refractivity (Wildman–Crippen MR) is 115 cm³/mol. The second-order valence-electron chi connectivity index (χ2n) is 7.63. The van der Waals surface area contributed by atoms with Crippen LogP contribution in [0.3, 0.4) is 0 Å². The largest absolute Gasteiger partial charge is 0.335 e. The highest BCUT2D eigenvalue weighted by Crippen LogP contribution is 2.31. The molecule has 6 heteroatoms. The van der Waals surface area contributed by atoms with Gasteiger partial charge >= 0.3 is 0 Å². The normalized spacial score (nSPS) is 11.3. The van der Waals surface area contributed by atoms with Gasteiger partial charge in [-0.3, -0.25) is 4.79 Å². The van der Waals surface area contributed by atoms with Crippen LogP contribution in [0.15, 0.2) is 53.1 Å². The molecule has 0 radical (unpaired) electrons. The lowest BCUT2D eigenvalue weighted by atomic mass is 9.97. The molecule has 0 bridgehead atoms. The van der Waals surface area contributed by atoms with Gasteiger partial charge in [-0.25, -0.2) is 9.37 Å². The Balaban J connectivity index is 1.86. The summed E-state index contributed by atoms with van der Waals surface area (Å²) < 4.78 is 19.7. The van der Waals surface area contributed by atoms with E-state index in [2.05, 4.69) is 29.3 Å².